The molecule has 0 spiro atoms. The van der Waals surface area contributed by atoms with Crippen LogP contribution in [0.2, 0.25) is 0 Å². The fourth-order valence-corrected chi connectivity index (χ4v) is 6.01. The minimum Gasteiger partial charge on any atom is -0.493 e. The van der Waals surface area contributed by atoms with Crippen LogP contribution in [0.5, 0.6) is 28.7 Å². The van der Waals surface area contributed by atoms with E-state index < -0.39 is 23.8 Å². The topological polar surface area (TPSA) is 133 Å². The molecule has 1 saturated heterocycles. The Morgan fingerprint density at radius 3 is 2.49 bits per heavy atom. The van der Waals surface area contributed by atoms with E-state index in [0.717, 1.165) is 31.2 Å². The number of para-hydroxylation sites is 2. The highest BCUT2D eigenvalue weighted by molar-refractivity contribution is 5.79. The van der Waals surface area contributed by atoms with E-state index in [1.54, 1.807) is 14.2 Å². The lowest BCUT2D eigenvalue weighted by Crippen LogP contribution is -2.45. The Balaban J connectivity index is 1.61. The molecular formula is C32H45N3O8. The van der Waals surface area contributed by atoms with Gasteiger partial charge in [0, 0.05) is 31.6 Å². The Morgan fingerprint density at radius 2 is 1.79 bits per heavy atom. The molecule has 1 fully saturated rings. The van der Waals surface area contributed by atoms with E-state index in [4.69, 9.17) is 29.4 Å². The second-order valence-corrected chi connectivity index (χ2v) is 10.9. The van der Waals surface area contributed by atoms with Crippen LogP contribution in [0.4, 0.5) is 0 Å². The molecule has 43 heavy (non-hydrogen) atoms. The number of fused-ring (bicyclic) bond motifs is 1. The first-order valence-corrected chi connectivity index (χ1v) is 15.1. The third-order valence-electron chi connectivity index (χ3n) is 8.24. The van der Waals surface area contributed by atoms with Crippen molar-refractivity contribution in [3.05, 3.63) is 42.0 Å². The summed E-state index contributed by atoms with van der Waals surface area (Å²) in [4.78, 5) is 30.5. The lowest BCUT2D eigenvalue weighted by atomic mass is 9.84. The molecule has 4 rings (SSSR count). The van der Waals surface area contributed by atoms with Crippen LogP contribution in [-0.4, -0.2) is 93.2 Å². The molecule has 2 aromatic carbocycles. The van der Waals surface area contributed by atoms with E-state index in [9.17, 15) is 14.7 Å². The van der Waals surface area contributed by atoms with Gasteiger partial charge < -0.3 is 39.4 Å². The molecule has 1 amide bonds. The van der Waals surface area contributed by atoms with Gasteiger partial charge in [0.1, 0.15) is 0 Å². The average molecular weight is 600 g/mol. The molecule has 0 aliphatic carbocycles. The number of rotatable bonds is 17. The first kappa shape index (κ1) is 32.2. The van der Waals surface area contributed by atoms with Crippen LogP contribution in [0, 0.1) is 5.92 Å². The van der Waals surface area contributed by atoms with Crippen LogP contribution in [0.1, 0.15) is 50.5 Å². The second kappa shape index (κ2) is 15.7. The van der Waals surface area contributed by atoms with E-state index in [2.05, 4.69) is 6.92 Å². The maximum atomic E-state index is 13.7. The highest BCUT2D eigenvalue weighted by Gasteiger charge is 2.47. The smallest absolute Gasteiger partial charge is 0.308 e. The predicted octanol–water partition coefficient (Wildman–Crippen LogP) is 3.74. The van der Waals surface area contributed by atoms with E-state index in [0.29, 0.717) is 61.3 Å². The first-order chi connectivity index (χ1) is 20.9. The Labute approximate surface area is 253 Å². The lowest BCUT2D eigenvalue weighted by Gasteiger charge is -2.30. The number of methoxy groups -OCH3 is 2. The van der Waals surface area contributed by atoms with Crippen LogP contribution in [0.15, 0.2) is 36.4 Å². The van der Waals surface area contributed by atoms with Gasteiger partial charge in [-0.05, 0) is 62.1 Å². The molecule has 2 aliphatic rings. The number of unbranched alkanes of at least 4 members (excludes halogenated alkanes) is 2. The first-order valence-electron chi connectivity index (χ1n) is 15.1. The number of carbonyl (C=O) groups excluding carboxylic acids is 1. The van der Waals surface area contributed by atoms with Gasteiger partial charge in [0.25, 0.3) is 0 Å². The van der Waals surface area contributed by atoms with Gasteiger partial charge >= 0.3 is 5.97 Å². The van der Waals surface area contributed by atoms with Crippen molar-refractivity contribution in [2.75, 3.05) is 60.3 Å². The number of ether oxygens (including phenoxy) is 5. The summed E-state index contributed by atoms with van der Waals surface area (Å²) in [6.07, 6.45) is 3.96. The van der Waals surface area contributed by atoms with Crippen LogP contribution in [-0.2, 0) is 9.59 Å². The zero-order valence-corrected chi connectivity index (χ0v) is 25.5. The summed E-state index contributed by atoms with van der Waals surface area (Å²) in [7, 11) is 3.12. The molecule has 2 aliphatic heterocycles. The van der Waals surface area contributed by atoms with Crippen molar-refractivity contribution in [2.24, 2.45) is 11.7 Å². The molecule has 3 atom stereocenters. The van der Waals surface area contributed by atoms with Crippen LogP contribution >= 0.6 is 0 Å². The summed E-state index contributed by atoms with van der Waals surface area (Å²) in [5.41, 5.74) is 6.47. The molecule has 0 aromatic heterocycles. The number of hydrogen-bond acceptors (Lipinski definition) is 9. The third kappa shape index (κ3) is 7.83. The van der Waals surface area contributed by atoms with Gasteiger partial charge in [-0.3, -0.25) is 14.5 Å². The summed E-state index contributed by atoms with van der Waals surface area (Å²) < 4.78 is 28.2. The van der Waals surface area contributed by atoms with E-state index in [1.807, 2.05) is 46.2 Å². The molecule has 11 nitrogen and oxygen atoms in total. The number of amides is 1. The van der Waals surface area contributed by atoms with E-state index in [-0.39, 0.29) is 25.9 Å². The van der Waals surface area contributed by atoms with Gasteiger partial charge in [-0.1, -0.05) is 25.5 Å². The summed E-state index contributed by atoms with van der Waals surface area (Å²) in [6.45, 7) is 4.82. The largest absolute Gasteiger partial charge is 0.493 e. The minimum atomic E-state index is -0.926. The molecule has 0 radical (unpaired) electrons. The van der Waals surface area contributed by atoms with Crippen molar-refractivity contribution < 1.29 is 38.4 Å². The van der Waals surface area contributed by atoms with Gasteiger partial charge in [-0.25, -0.2) is 0 Å². The summed E-state index contributed by atoms with van der Waals surface area (Å²) >= 11 is 0. The monoisotopic (exact) mass is 599 g/mol. The molecule has 236 valence electrons. The van der Waals surface area contributed by atoms with Gasteiger partial charge in [0.2, 0.25) is 18.4 Å². The van der Waals surface area contributed by atoms with Gasteiger partial charge in [0.15, 0.2) is 23.0 Å². The summed E-state index contributed by atoms with van der Waals surface area (Å²) in [5.74, 6) is 0.574. The highest BCUT2D eigenvalue weighted by atomic mass is 16.7. The number of nitrogens with two attached hydrogens (primary N) is 1. The third-order valence-corrected chi connectivity index (χ3v) is 8.24. The predicted molar refractivity (Wildman–Crippen MR) is 161 cm³/mol. The van der Waals surface area contributed by atoms with Gasteiger partial charge in [-0.2, -0.15) is 0 Å². The molecule has 3 N–H and O–H groups in total. The number of hydrogen-bond donors (Lipinski definition) is 2. The second-order valence-electron chi connectivity index (χ2n) is 10.9. The number of aliphatic carboxylic acids is 1. The molecule has 2 aromatic rings. The average Bonchev–Trinajstić information content (AvgIpc) is 3.63. The maximum Gasteiger partial charge on any atom is 0.308 e. The Kier molecular flexibility index (Phi) is 11.7. The zero-order chi connectivity index (χ0) is 30.8. The molecule has 2 heterocycles. The number of carboxylic acid groups (broad SMARTS) is 1. The molecular weight excluding hydrogens is 554 g/mol. The fraction of sp³-hybridized carbons (Fsp3) is 0.562. The van der Waals surface area contributed by atoms with Crippen molar-refractivity contribution in [1.82, 2.24) is 9.80 Å². The standard InChI is InChI=1S/C32H45N3O8/c1-4-5-14-34(15-9-8-13-33)29(36)20-35-19-23(22-17-27(40-3)31-28(18-22)42-21-43-31)30(32(37)38)24(35)12-16-41-26-11-7-6-10-25(26)39-2/h6-7,10-11,17-18,23-24,30H,4-5,8-9,12-16,19-21,33H2,1-3H3,(H,37,38)/t23-,24+,30?/m1/s1. The van der Waals surface area contributed by atoms with Gasteiger partial charge in [-0.15, -0.1) is 0 Å². The number of nitrogens with zero attached hydrogens (tertiary/aromatic N) is 2. The van der Waals surface area contributed by atoms with Crippen LogP contribution in [0.25, 0.3) is 0 Å². The van der Waals surface area contributed by atoms with Crippen molar-refractivity contribution >= 4 is 11.9 Å². The molecule has 1 unspecified atom stereocenters. The number of carbonyl (C=O) groups is 2. The highest BCUT2D eigenvalue weighted by Crippen LogP contribution is 2.47. The van der Waals surface area contributed by atoms with Gasteiger partial charge in [0.05, 0.1) is 33.3 Å². The summed E-state index contributed by atoms with van der Waals surface area (Å²) in [5, 5.41) is 10.6. The molecule has 0 saturated carbocycles. The fourth-order valence-electron chi connectivity index (χ4n) is 6.01. The van der Waals surface area contributed by atoms with Crippen molar-refractivity contribution in [3.8, 4) is 28.7 Å². The van der Waals surface area contributed by atoms with E-state index >= 15 is 0 Å². The molecule has 0 bridgehead atoms. The lowest BCUT2D eigenvalue weighted by molar-refractivity contribution is -0.144. The zero-order valence-electron chi connectivity index (χ0n) is 25.5. The van der Waals surface area contributed by atoms with E-state index in [1.165, 1.54) is 0 Å². The Hall–Kier alpha value is -3.70. The SMILES string of the molecule is CCCCN(CCCCN)C(=O)CN1C[C@H](c2cc(OC)c3c(c2)OCO3)C(C(=O)O)[C@@H]1CCOc1ccccc1OC. The maximum absolute atomic E-state index is 13.7. The Morgan fingerprint density at radius 1 is 1.05 bits per heavy atom. The van der Waals surface area contributed by atoms with Crippen LogP contribution in [0.3, 0.4) is 0 Å². The number of likely N-dealkylation sites (tertiary alicyclic amines) is 1. The van der Waals surface area contributed by atoms with Crippen molar-refractivity contribution in [3.63, 3.8) is 0 Å². The normalized spacial score (nSPS) is 19.3. The summed E-state index contributed by atoms with van der Waals surface area (Å²) in [6, 6.07) is 10.6. The van der Waals surface area contributed by atoms with Crippen LogP contribution < -0.4 is 29.4 Å². The Bertz CT molecular complexity index is 1230. The number of carboxylic acids is 1. The van der Waals surface area contributed by atoms with Crippen molar-refractivity contribution in [1.29, 1.82) is 0 Å². The number of benzene rings is 2. The molecule has 11 heteroatoms. The minimum absolute atomic E-state index is 0.00539. The quantitative estimate of drug-likeness (QED) is 0.259. The van der Waals surface area contributed by atoms with Crippen molar-refractivity contribution in [2.45, 2.75) is 51.0 Å².